The fourth-order valence-electron chi connectivity index (χ4n) is 1.25. The van der Waals surface area contributed by atoms with Gasteiger partial charge in [0.1, 0.15) is 5.75 Å². The first-order valence-corrected chi connectivity index (χ1v) is 5.76. The second-order valence-corrected chi connectivity index (χ2v) is 3.75. The first kappa shape index (κ1) is 13.8. The van der Waals surface area contributed by atoms with E-state index >= 15 is 0 Å². The van der Waals surface area contributed by atoms with Crippen molar-refractivity contribution in [1.82, 2.24) is 0 Å². The van der Waals surface area contributed by atoms with Crippen LogP contribution in [0.1, 0.15) is 13.3 Å². The Morgan fingerprint density at radius 3 is 2.82 bits per heavy atom. The largest absolute Gasteiger partial charge is 0.497 e. The summed E-state index contributed by atoms with van der Waals surface area (Å²) in [6.07, 6.45) is 0.316. The Kier molecular flexibility index (Phi) is 5.80. The van der Waals surface area contributed by atoms with E-state index in [1.54, 1.807) is 25.3 Å². The van der Waals surface area contributed by atoms with Crippen LogP contribution < -0.4 is 10.1 Å². The van der Waals surface area contributed by atoms with Gasteiger partial charge in [-0.3, -0.25) is 4.79 Å². The number of hydrogen-bond acceptors (Lipinski definition) is 3. The summed E-state index contributed by atoms with van der Waals surface area (Å²) < 4.78 is 10.1. The zero-order valence-corrected chi connectivity index (χ0v) is 10.7. The van der Waals surface area contributed by atoms with Gasteiger partial charge in [0.05, 0.1) is 30.8 Å². The summed E-state index contributed by atoms with van der Waals surface area (Å²) >= 11 is 5.99. The number of methoxy groups -OCH3 is 1. The topological polar surface area (TPSA) is 47.6 Å². The van der Waals surface area contributed by atoms with E-state index in [0.717, 1.165) is 0 Å². The molecule has 0 unspecified atom stereocenters. The van der Waals surface area contributed by atoms with Crippen molar-refractivity contribution in [3.8, 4) is 5.75 Å². The SMILES string of the molecule is CCOCCC(=O)Nc1ccc(OC)cc1Cl. The molecule has 1 amide bonds. The van der Waals surface area contributed by atoms with Crippen molar-refractivity contribution in [3.63, 3.8) is 0 Å². The highest BCUT2D eigenvalue weighted by Crippen LogP contribution is 2.26. The number of amides is 1. The number of benzene rings is 1. The van der Waals surface area contributed by atoms with Crippen LogP contribution >= 0.6 is 11.6 Å². The maximum atomic E-state index is 11.5. The van der Waals surface area contributed by atoms with Crippen LogP contribution in [-0.2, 0) is 9.53 Å². The average molecular weight is 258 g/mol. The molecule has 0 fully saturated rings. The zero-order valence-electron chi connectivity index (χ0n) is 9.96. The van der Waals surface area contributed by atoms with E-state index in [0.29, 0.717) is 36.1 Å². The summed E-state index contributed by atoms with van der Waals surface area (Å²) in [5, 5.41) is 3.17. The second kappa shape index (κ2) is 7.14. The van der Waals surface area contributed by atoms with E-state index in [-0.39, 0.29) is 5.91 Å². The molecule has 1 aromatic carbocycles. The predicted molar refractivity (Wildman–Crippen MR) is 67.7 cm³/mol. The Morgan fingerprint density at radius 1 is 1.47 bits per heavy atom. The van der Waals surface area contributed by atoms with Crippen LogP contribution in [0, 0.1) is 0 Å². The van der Waals surface area contributed by atoms with Gasteiger partial charge in [0.2, 0.25) is 5.91 Å². The lowest BCUT2D eigenvalue weighted by Crippen LogP contribution is -2.14. The van der Waals surface area contributed by atoms with Gasteiger partial charge in [0.15, 0.2) is 0 Å². The first-order chi connectivity index (χ1) is 8.17. The molecule has 0 aromatic heterocycles. The average Bonchev–Trinajstić information content (AvgIpc) is 2.32. The molecule has 0 bridgehead atoms. The van der Waals surface area contributed by atoms with Gasteiger partial charge in [0.25, 0.3) is 0 Å². The molecule has 4 nitrogen and oxygen atoms in total. The summed E-state index contributed by atoms with van der Waals surface area (Å²) in [4.78, 5) is 11.5. The van der Waals surface area contributed by atoms with Crippen LogP contribution in [0.25, 0.3) is 0 Å². The quantitative estimate of drug-likeness (QED) is 0.797. The second-order valence-electron chi connectivity index (χ2n) is 3.34. The molecule has 0 aliphatic heterocycles. The molecule has 0 aliphatic rings. The van der Waals surface area contributed by atoms with Crippen molar-refractivity contribution in [2.75, 3.05) is 25.6 Å². The Bertz CT molecular complexity index is 382. The van der Waals surface area contributed by atoms with Crippen molar-refractivity contribution >= 4 is 23.2 Å². The Balaban J connectivity index is 2.53. The van der Waals surface area contributed by atoms with Gasteiger partial charge in [0, 0.05) is 12.7 Å². The zero-order chi connectivity index (χ0) is 12.7. The lowest BCUT2D eigenvalue weighted by molar-refractivity contribution is -0.117. The molecule has 1 N–H and O–H groups in total. The molecule has 17 heavy (non-hydrogen) atoms. The molecule has 0 atom stereocenters. The van der Waals surface area contributed by atoms with E-state index in [4.69, 9.17) is 21.1 Å². The van der Waals surface area contributed by atoms with E-state index in [2.05, 4.69) is 5.32 Å². The smallest absolute Gasteiger partial charge is 0.226 e. The normalized spacial score (nSPS) is 10.1. The summed E-state index contributed by atoms with van der Waals surface area (Å²) in [5.74, 6) is 0.535. The number of ether oxygens (including phenoxy) is 2. The maximum absolute atomic E-state index is 11.5. The molecule has 0 saturated carbocycles. The van der Waals surface area contributed by atoms with Crippen LogP contribution in [0.3, 0.4) is 0 Å². The van der Waals surface area contributed by atoms with Crippen LogP contribution in [-0.4, -0.2) is 26.2 Å². The Hall–Kier alpha value is -1.26. The minimum atomic E-state index is -0.120. The van der Waals surface area contributed by atoms with E-state index < -0.39 is 0 Å². The molecular formula is C12H16ClNO3. The third-order valence-electron chi connectivity index (χ3n) is 2.13. The molecule has 1 aromatic rings. The predicted octanol–water partition coefficient (Wildman–Crippen LogP) is 2.71. The van der Waals surface area contributed by atoms with Crippen molar-refractivity contribution < 1.29 is 14.3 Å². The molecule has 1 rings (SSSR count). The maximum Gasteiger partial charge on any atom is 0.226 e. The number of carbonyl (C=O) groups excluding carboxylic acids is 1. The molecule has 94 valence electrons. The van der Waals surface area contributed by atoms with Gasteiger partial charge < -0.3 is 14.8 Å². The summed E-state index contributed by atoms with van der Waals surface area (Å²) in [6, 6.07) is 5.10. The fraction of sp³-hybridized carbons (Fsp3) is 0.417. The minimum Gasteiger partial charge on any atom is -0.497 e. The molecule has 0 radical (unpaired) electrons. The number of nitrogens with one attached hydrogen (secondary N) is 1. The van der Waals surface area contributed by atoms with Gasteiger partial charge in [-0.2, -0.15) is 0 Å². The highest BCUT2D eigenvalue weighted by atomic mass is 35.5. The fourth-order valence-corrected chi connectivity index (χ4v) is 1.46. The summed E-state index contributed by atoms with van der Waals surface area (Å²) in [5.41, 5.74) is 0.578. The lowest BCUT2D eigenvalue weighted by atomic mass is 10.3. The third kappa shape index (κ3) is 4.63. The Labute approximate surface area is 106 Å². The van der Waals surface area contributed by atoms with Gasteiger partial charge in [-0.25, -0.2) is 0 Å². The van der Waals surface area contributed by atoms with E-state index in [1.807, 2.05) is 6.92 Å². The standard InChI is InChI=1S/C12H16ClNO3/c1-3-17-7-6-12(15)14-11-5-4-9(16-2)8-10(11)13/h4-5,8H,3,6-7H2,1-2H3,(H,14,15). The van der Waals surface area contributed by atoms with Gasteiger partial charge in [-0.15, -0.1) is 0 Å². The van der Waals surface area contributed by atoms with Crippen LogP contribution in [0.2, 0.25) is 5.02 Å². The monoisotopic (exact) mass is 257 g/mol. The highest BCUT2D eigenvalue weighted by molar-refractivity contribution is 6.33. The first-order valence-electron chi connectivity index (χ1n) is 5.38. The number of anilines is 1. The molecule has 0 heterocycles. The van der Waals surface area contributed by atoms with Crippen LogP contribution in [0.15, 0.2) is 18.2 Å². The summed E-state index contributed by atoms with van der Waals surface area (Å²) in [7, 11) is 1.56. The summed E-state index contributed by atoms with van der Waals surface area (Å²) in [6.45, 7) is 2.91. The molecule has 0 aliphatic carbocycles. The number of hydrogen-bond donors (Lipinski definition) is 1. The van der Waals surface area contributed by atoms with Gasteiger partial charge >= 0.3 is 0 Å². The number of rotatable bonds is 6. The van der Waals surface area contributed by atoms with Crippen LogP contribution in [0.5, 0.6) is 5.75 Å². The van der Waals surface area contributed by atoms with E-state index in [1.165, 1.54) is 0 Å². The lowest BCUT2D eigenvalue weighted by Gasteiger charge is -2.08. The number of carbonyl (C=O) groups is 1. The minimum absolute atomic E-state index is 0.120. The molecule has 0 saturated heterocycles. The van der Waals surface area contributed by atoms with Crippen molar-refractivity contribution in [1.29, 1.82) is 0 Å². The van der Waals surface area contributed by atoms with Crippen molar-refractivity contribution in [2.24, 2.45) is 0 Å². The van der Waals surface area contributed by atoms with Crippen LogP contribution in [0.4, 0.5) is 5.69 Å². The molecule has 5 heteroatoms. The van der Waals surface area contributed by atoms with Gasteiger partial charge in [-0.1, -0.05) is 11.6 Å². The van der Waals surface area contributed by atoms with Gasteiger partial charge in [-0.05, 0) is 19.1 Å². The third-order valence-corrected chi connectivity index (χ3v) is 2.44. The van der Waals surface area contributed by atoms with Crippen molar-refractivity contribution in [2.45, 2.75) is 13.3 Å². The Morgan fingerprint density at radius 2 is 2.24 bits per heavy atom. The molecular weight excluding hydrogens is 242 g/mol. The van der Waals surface area contributed by atoms with E-state index in [9.17, 15) is 4.79 Å². The highest BCUT2D eigenvalue weighted by Gasteiger charge is 2.06. The molecule has 0 spiro atoms. The van der Waals surface area contributed by atoms with Crippen molar-refractivity contribution in [3.05, 3.63) is 23.2 Å². The number of halogens is 1.